The molecule has 0 bridgehead atoms. The zero-order valence-corrected chi connectivity index (χ0v) is 11.8. The number of aryl methyl sites for hydroxylation is 1. The first-order chi connectivity index (χ1) is 10.0. The van der Waals surface area contributed by atoms with Crippen LogP contribution < -0.4 is 5.32 Å². The van der Waals surface area contributed by atoms with E-state index in [9.17, 15) is 14.9 Å². The lowest BCUT2D eigenvalue weighted by Gasteiger charge is -2.15. The molecule has 112 valence electrons. The van der Waals surface area contributed by atoms with Crippen molar-refractivity contribution in [2.24, 2.45) is 0 Å². The summed E-state index contributed by atoms with van der Waals surface area (Å²) >= 11 is 0. The number of nitrogens with zero attached hydrogens (tertiary/aromatic N) is 5. The molecular formula is C12H16N6O3. The summed E-state index contributed by atoms with van der Waals surface area (Å²) in [7, 11) is 0. The first-order valence-electron chi connectivity index (χ1n) is 6.49. The van der Waals surface area contributed by atoms with Crippen LogP contribution >= 0.6 is 0 Å². The van der Waals surface area contributed by atoms with Crippen LogP contribution in [0.25, 0.3) is 0 Å². The highest BCUT2D eigenvalue weighted by molar-refractivity contribution is 5.76. The smallest absolute Gasteiger partial charge is 0.307 e. The van der Waals surface area contributed by atoms with Gasteiger partial charge < -0.3 is 5.32 Å². The molecule has 0 saturated carbocycles. The van der Waals surface area contributed by atoms with E-state index in [4.69, 9.17) is 0 Å². The maximum absolute atomic E-state index is 11.9. The van der Waals surface area contributed by atoms with Crippen LogP contribution in [0.4, 0.5) is 5.69 Å². The largest absolute Gasteiger partial charge is 0.346 e. The fraction of sp³-hybridized carbons (Fsp3) is 0.417. The molecule has 1 N–H and O–H groups in total. The van der Waals surface area contributed by atoms with Crippen LogP contribution in [0.2, 0.25) is 0 Å². The third-order valence-corrected chi connectivity index (χ3v) is 3.01. The van der Waals surface area contributed by atoms with Crippen LogP contribution in [0.5, 0.6) is 0 Å². The predicted molar refractivity (Wildman–Crippen MR) is 73.3 cm³/mol. The molecule has 0 fully saturated rings. The van der Waals surface area contributed by atoms with Crippen LogP contribution in [-0.2, 0) is 17.9 Å². The normalized spacial score (nSPS) is 12.1. The van der Waals surface area contributed by atoms with Gasteiger partial charge in [-0.1, -0.05) is 0 Å². The Morgan fingerprint density at radius 2 is 2.29 bits per heavy atom. The van der Waals surface area contributed by atoms with Crippen molar-refractivity contribution in [3.63, 3.8) is 0 Å². The van der Waals surface area contributed by atoms with Gasteiger partial charge in [-0.15, -0.1) is 0 Å². The number of nitrogens with one attached hydrogen (secondary N) is 1. The summed E-state index contributed by atoms with van der Waals surface area (Å²) in [6.07, 6.45) is 4.02. The minimum Gasteiger partial charge on any atom is -0.346 e. The van der Waals surface area contributed by atoms with Crippen LogP contribution in [0.15, 0.2) is 24.7 Å². The lowest BCUT2D eigenvalue weighted by Crippen LogP contribution is -2.31. The molecule has 0 aromatic carbocycles. The van der Waals surface area contributed by atoms with E-state index in [1.807, 2.05) is 19.9 Å². The van der Waals surface area contributed by atoms with E-state index in [1.54, 1.807) is 10.9 Å². The number of carbonyl (C=O) groups is 1. The molecule has 0 spiro atoms. The van der Waals surface area contributed by atoms with Crippen molar-refractivity contribution in [3.05, 3.63) is 40.5 Å². The van der Waals surface area contributed by atoms with Gasteiger partial charge in [-0.3, -0.25) is 24.3 Å². The molecule has 0 saturated heterocycles. The van der Waals surface area contributed by atoms with Gasteiger partial charge >= 0.3 is 5.69 Å². The van der Waals surface area contributed by atoms with Gasteiger partial charge in [0.05, 0.1) is 16.7 Å². The molecule has 1 unspecified atom stereocenters. The summed E-state index contributed by atoms with van der Waals surface area (Å²) in [6.45, 7) is 4.47. The van der Waals surface area contributed by atoms with E-state index in [2.05, 4.69) is 15.5 Å². The molecule has 2 aromatic heterocycles. The number of amides is 1. The predicted octanol–water partition coefficient (Wildman–Crippen LogP) is 0.885. The third-order valence-electron chi connectivity index (χ3n) is 3.01. The van der Waals surface area contributed by atoms with E-state index in [0.29, 0.717) is 6.54 Å². The molecular weight excluding hydrogens is 276 g/mol. The lowest BCUT2D eigenvalue weighted by molar-refractivity contribution is -0.385. The van der Waals surface area contributed by atoms with Crippen molar-refractivity contribution < 1.29 is 9.72 Å². The number of nitro groups is 1. The SMILES string of the molecule is CCn1nccc1C(C)NC(=O)Cn1cc([N+](=O)[O-])cn1. The van der Waals surface area contributed by atoms with E-state index < -0.39 is 4.92 Å². The van der Waals surface area contributed by atoms with E-state index >= 15 is 0 Å². The summed E-state index contributed by atoms with van der Waals surface area (Å²) in [4.78, 5) is 21.9. The molecule has 0 aliphatic carbocycles. The molecule has 0 aliphatic rings. The number of hydrogen-bond acceptors (Lipinski definition) is 5. The maximum atomic E-state index is 11.9. The standard InChI is InChI=1S/C12H16N6O3/c1-3-17-11(4-5-13-17)9(2)15-12(19)8-16-7-10(6-14-16)18(20)21/h4-7,9H,3,8H2,1-2H3,(H,15,19). The Morgan fingerprint density at radius 1 is 1.52 bits per heavy atom. The van der Waals surface area contributed by atoms with Crippen LogP contribution in [0, 0.1) is 10.1 Å². The molecule has 1 atom stereocenters. The highest BCUT2D eigenvalue weighted by Gasteiger charge is 2.15. The summed E-state index contributed by atoms with van der Waals surface area (Å²) in [6, 6.07) is 1.64. The molecule has 2 aromatic rings. The number of carbonyl (C=O) groups excluding carboxylic acids is 1. The molecule has 9 nitrogen and oxygen atoms in total. The Balaban J connectivity index is 1.96. The van der Waals surface area contributed by atoms with Gasteiger partial charge in [-0.2, -0.15) is 10.2 Å². The second-order valence-corrected chi connectivity index (χ2v) is 4.51. The third kappa shape index (κ3) is 3.44. The Hall–Kier alpha value is -2.71. The zero-order valence-electron chi connectivity index (χ0n) is 11.8. The van der Waals surface area contributed by atoms with E-state index in [0.717, 1.165) is 11.9 Å². The average Bonchev–Trinajstić information content (AvgIpc) is 3.06. The second-order valence-electron chi connectivity index (χ2n) is 4.51. The highest BCUT2D eigenvalue weighted by Crippen LogP contribution is 2.12. The molecule has 0 radical (unpaired) electrons. The second kappa shape index (κ2) is 6.16. The fourth-order valence-electron chi connectivity index (χ4n) is 2.02. The first-order valence-corrected chi connectivity index (χ1v) is 6.49. The van der Waals surface area contributed by atoms with Crippen molar-refractivity contribution >= 4 is 11.6 Å². The maximum Gasteiger partial charge on any atom is 0.307 e. The Bertz CT molecular complexity index is 647. The van der Waals surface area contributed by atoms with Gasteiger partial charge in [0.2, 0.25) is 5.91 Å². The number of hydrogen-bond donors (Lipinski definition) is 1. The summed E-state index contributed by atoms with van der Waals surface area (Å²) in [5.74, 6) is -0.274. The quantitative estimate of drug-likeness (QED) is 0.628. The monoisotopic (exact) mass is 292 g/mol. The molecule has 1 amide bonds. The average molecular weight is 292 g/mol. The number of rotatable bonds is 6. The molecule has 21 heavy (non-hydrogen) atoms. The Morgan fingerprint density at radius 3 is 2.90 bits per heavy atom. The zero-order chi connectivity index (χ0) is 15.4. The highest BCUT2D eigenvalue weighted by atomic mass is 16.6. The Labute approximate surface area is 120 Å². The van der Waals surface area contributed by atoms with Crippen LogP contribution in [0.1, 0.15) is 25.6 Å². The minimum atomic E-state index is -0.552. The molecule has 2 heterocycles. The van der Waals surface area contributed by atoms with Crippen LogP contribution in [0.3, 0.4) is 0 Å². The first kappa shape index (κ1) is 14.7. The Kier molecular flexibility index (Phi) is 4.31. The molecule has 9 heteroatoms. The van der Waals surface area contributed by atoms with Gasteiger partial charge in [0, 0.05) is 12.7 Å². The number of aromatic nitrogens is 4. The van der Waals surface area contributed by atoms with Gasteiger partial charge in [0.25, 0.3) is 0 Å². The molecule has 0 aliphatic heterocycles. The fourth-order valence-corrected chi connectivity index (χ4v) is 2.02. The van der Waals surface area contributed by atoms with Gasteiger partial charge in [-0.05, 0) is 19.9 Å². The summed E-state index contributed by atoms with van der Waals surface area (Å²) in [5, 5.41) is 21.3. The van der Waals surface area contributed by atoms with Gasteiger partial charge in [0.1, 0.15) is 18.9 Å². The van der Waals surface area contributed by atoms with Crippen molar-refractivity contribution in [1.82, 2.24) is 24.9 Å². The van der Waals surface area contributed by atoms with Gasteiger partial charge in [0.15, 0.2) is 0 Å². The van der Waals surface area contributed by atoms with Crippen molar-refractivity contribution in [2.45, 2.75) is 33.0 Å². The van der Waals surface area contributed by atoms with Gasteiger partial charge in [-0.25, -0.2) is 0 Å². The minimum absolute atomic E-state index is 0.0710. The van der Waals surface area contributed by atoms with E-state index in [1.165, 1.54) is 10.9 Å². The molecule has 2 rings (SSSR count). The summed E-state index contributed by atoms with van der Waals surface area (Å²) < 4.78 is 3.03. The topological polar surface area (TPSA) is 108 Å². The lowest BCUT2D eigenvalue weighted by atomic mass is 10.2. The summed E-state index contributed by atoms with van der Waals surface area (Å²) in [5.41, 5.74) is 0.761. The van der Waals surface area contributed by atoms with Crippen molar-refractivity contribution in [1.29, 1.82) is 0 Å². The van der Waals surface area contributed by atoms with Crippen molar-refractivity contribution in [2.75, 3.05) is 0 Å². The van der Waals surface area contributed by atoms with Crippen LogP contribution in [-0.4, -0.2) is 30.4 Å². The van der Waals surface area contributed by atoms with Crippen molar-refractivity contribution in [3.8, 4) is 0 Å². The van der Waals surface area contributed by atoms with E-state index in [-0.39, 0.29) is 24.2 Å².